The Morgan fingerprint density at radius 2 is 1.73 bits per heavy atom. The molecule has 0 aromatic heterocycles. The Hall–Kier alpha value is -1.34. The van der Waals surface area contributed by atoms with E-state index < -0.39 is 5.54 Å². The van der Waals surface area contributed by atoms with Gasteiger partial charge in [-0.1, -0.05) is 12.5 Å². The number of nitrogens with two attached hydrogens (primary N) is 1. The van der Waals surface area contributed by atoms with Gasteiger partial charge in [0, 0.05) is 11.4 Å². The molecule has 1 aromatic carbocycles. The topological polar surface area (TPSA) is 87.5 Å². The molecule has 4 N–H and O–H groups in total. The van der Waals surface area contributed by atoms with E-state index in [2.05, 4.69) is 15.5 Å². The Morgan fingerprint density at radius 1 is 1.12 bits per heavy atom. The number of rotatable bonds is 5. The molecule has 1 aliphatic heterocycles. The van der Waals surface area contributed by atoms with Gasteiger partial charge in [0.05, 0.1) is 12.1 Å². The molecule has 0 saturated carbocycles. The first-order valence-corrected chi connectivity index (χ1v) is 8.49. The number of aryl methyl sites for hydroxylation is 1. The Balaban J connectivity index is 0.00000312. The third kappa shape index (κ3) is 7.50. The van der Waals surface area contributed by atoms with Crippen LogP contribution in [0.25, 0.3) is 0 Å². The number of halogens is 2. The summed E-state index contributed by atoms with van der Waals surface area (Å²) in [4.78, 5) is 26.4. The van der Waals surface area contributed by atoms with Crippen LogP contribution in [-0.2, 0) is 9.59 Å². The molecule has 1 fully saturated rings. The van der Waals surface area contributed by atoms with Crippen LogP contribution in [0.1, 0.15) is 38.7 Å². The smallest absolute Gasteiger partial charge is 0.243 e. The normalized spacial score (nSPS) is 14.6. The van der Waals surface area contributed by atoms with E-state index in [1.54, 1.807) is 26.0 Å². The Bertz CT molecular complexity index is 612. The highest BCUT2D eigenvalue weighted by Crippen LogP contribution is 2.21. The molecule has 6 nitrogen and oxygen atoms in total. The molecule has 1 saturated heterocycles. The van der Waals surface area contributed by atoms with Gasteiger partial charge in [0.2, 0.25) is 11.8 Å². The van der Waals surface area contributed by atoms with Gasteiger partial charge in [0.1, 0.15) is 0 Å². The van der Waals surface area contributed by atoms with Gasteiger partial charge in [0.25, 0.3) is 0 Å². The van der Waals surface area contributed by atoms with Crippen LogP contribution in [0.3, 0.4) is 0 Å². The summed E-state index contributed by atoms with van der Waals surface area (Å²) in [7, 11) is 0. The van der Waals surface area contributed by atoms with Crippen LogP contribution < -0.4 is 16.4 Å². The summed E-state index contributed by atoms with van der Waals surface area (Å²) in [5.41, 5.74) is 7.12. The van der Waals surface area contributed by atoms with Gasteiger partial charge in [-0.15, -0.1) is 24.8 Å². The van der Waals surface area contributed by atoms with Crippen LogP contribution in [0.4, 0.5) is 11.4 Å². The number of hydrogen-bond acceptors (Lipinski definition) is 4. The van der Waals surface area contributed by atoms with Gasteiger partial charge >= 0.3 is 0 Å². The summed E-state index contributed by atoms with van der Waals surface area (Å²) in [6.07, 6.45) is 3.56. The Morgan fingerprint density at radius 3 is 2.31 bits per heavy atom. The van der Waals surface area contributed by atoms with Crippen LogP contribution in [0.15, 0.2) is 18.2 Å². The largest absolute Gasteiger partial charge is 0.325 e. The SMILES string of the molecule is Cc1ccc(NC(=O)C(C)(C)N)cc1NC(=O)CN1CCCCC1.Cl.Cl. The molecule has 0 unspecified atom stereocenters. The van der Waals surface area contributed by atoms with E-state index >= 15 is 0 Å². The van der Waals surface area contributed by atoms with Crippen molar-refractivity contribution in [2.24, 2.45) is 5.73 Å². The van der Waals surface area contributed by atoms with Crippen molar-refractivity contribution in [2.45, 2.75) is 45.6 Å². The molecule has 8 heteroatoms. The number of hydrogen-bond donors (Lipinski definition) is 3. The molecular formula is C18H30Cl2N4O2. The number of anilines is 2. The average Bonchev–Trinajstić information content (AvgIpc) is 2.50. The predicted molar refractivity (Wildman–Crippen MR) is 111 cm³/mol. The first-order chi connectivity index (χ1) is 11.3. The molecular weight excluding hydrogens is 375 g/mol. The van der Waals surface area contributed by atoms with Gasteiger partial charge in [-0.2, -0.15) is 0 Å². The van der Waals surface area contributed by atoms with Gasteiger partial charge in [-0.25, -0.2) is 0 Å². The molecule has 0 atom stereocenters. The minimum absolute atomic E-state index is 0. The lowest BCUT2D eigenvalue weighted by atomic mass is 10.1. The first kappa shape index (κ1) is 24.7. The van der Waals surface area contributed by atoms with E-state index in [4.69, 9.17) is 5.73 Å². The van der Waals surface area contributed by atoms with Gasteiger partial charge < -0.3 is 16.4 Å². The maximum absolute atomic E-state index is 12.3. The van der Waals surface area contributed by atoms with Crippen molar-refractivity contribution in [3.05, 3.63) is 23.8 Å². The van der Waals surface area contributed by atoms with E-state index in [1.165, 1.54) is 6.42 Å². The van der Waals surface area contributed by atoms with E-state index in [0.29, 0.717) is 17.9 Å². The van der Waals surface area contributed by atoms with Gasteiger partial charge in [-0.3, -0.25) is 14.5 Å². The summed E-state index contributed by atoms with van der Waals surface area (Å²) in [6.45, 7) is 7.60. The maximum atomic E-state index is 12.3. The fraction of sp³-hybridized carbons (Fsp3) is 0.556. The summed E-state index contributed by atoms with van der Waals surface area (Å²) in [5.74, 6) is -0.292. The van der Waals surface area contributed by atoms with Crippen LogP contribution in [-0.4, -0.2) is 41.9 Å². The lowest BCUT2D eigenvalue weighted by molar-refractivity contribution is -0.120. The van der Waals surface area contributed by atoms with E-state index in [-0.39, 0.29) is 36.6 Å². The summed E-state index contributed by atoms with van der Waals surface area (Å²) >= 11 is 0. The van der Waals surface area contributed by atoms with Gasteiger partial charge in [0.15, 0.2) is 0 Å². The highest BCUT2D eigenvalue weighted by atomic mass is 35.5. The molecule has 148 valence electrons. The third-order valence-corrected chi connectivity index (χ3v) is 4.17. The van der Waals surface area contributed by atoms with Gasteiger partial charge in [-0.05, 0) is 64.4 Å². The van der Waals surface area contributed by atoms with Crippen LogP contribution in [0, 0.1) is 6.92 Å². The number of amides is 2. The second-order valence-corrected chi connectivity index (χ2v) is 7.09. The fourth-order valence-corrected chi connectivity index (χ4v) is 2.64. The minimum atomic E-state index is -0.956. The first-order valence-electron chi connectivity index (χ1n) is 8.49. The van der Waals surface area contributed by atoms with Crippen molar-refractivity contribution in [3.8, 4) is 0 Å². The second-order valence-electron chi connectivity index (χ2n) is 7.09. The molecule has 26 heavy (non-hydrogen) atoms. The van der Waals surface area contributed by atoms with Crippen molar-refractivity contribution in [1.82, 2.24) is 4.90 Å². The number of carbonyl (C=O) groups is 2. The van der Waals surface area contributed by atoms with Crippen LogP contribution in [0.2, 0.25) is 0 Å². The second kappa shape index (κ2) is 10.7. The fourth-order valence-electron chi connectivity index (χ4n) is 2.64. The molecule has 2 rings (SSSR count). The number of benzene rings is 1. The van der Waals surface area contributed by atoms with Crippen molar-refractivity contribution < 1.29 is 9.59 Å². The van der Waals surface area contributed by atoms with Crippen molar-refractivity contribution >= 4 is 48.0 Å². The maximum Gasteiger partial charge on any atom is 0.243 e. The van der Waals surface area contributed by atoms with E-state index in [1.807, 2.05) is 13.0 Å². The predicted octanol–water partition coefficient (Wildman–Crippen LogP) is 2.94. The number of nitrogens with zero attached hydrogens (tertiary/aromatic N) is 1. The monoisotopic (exact) mass is 404 g/mol. The van der Waals surface area contributed by atoms with E-state index in [9.17, 15) is 9.59 Å². The van der Waals surface area contributed by atoms with Crippen LogP contribution in [0.5, 0.6) is 0 Å². The number of likely N-dealkylation sites (tertiary alicyclic amines) is 1. The minimum Gasteiger partial charge on any atom is -0.325 e. The molecule has 0 bridgehead atoms. The highest BCUT2D eigenvalue weighted by molar-refractivity contribution is 5.99. The summed E-state index contributed by atoms with van der Waals surface area (Å²) in [5, 5.41) is 5.73. The lowest BCUT2D eigenvalue weighted by Crippen LogP contribution is -2.45. The van der Waals surface area contributed by atoms with Crippen molar-refractivity contribution in [1.29, 1.82) is 0 Å². The zero-order valence-corrected chi connectivity index (χ0v) is 17.3. The summed E-state index contributed by atoms with van der Waals surface area (Å²) in [6, 6.07) is 5.45. The number of carbonyl (C=O) groups excluding carboxylic acids is 2. The molecule has 1 aliphatic rings. The molecule has 0 radical (unpaired) electrons. The Labute approximate surface area is 168 Å². The Kier molecular flexibility index (Phi) is 10.2. The molecule has 1 aromatic rings. The van der Waals surface area contributed by atoms with Crippen molar-refractivity contribution in [3.63, 3.8) is 0 Å². The molecule has 2 amide bonds. The third-order valence-electron chi connectivity index (χ3n) is 4.17. The summed E-state index contributed by atoms with van der Waals surface area (Å²) < 4.78 is 0. The standard InChI is InChI=1S/C18H28N4O2.2ClH/c1-13-7-8-14(20-17(24)18(2,3)19)11-15(13)21-16(23)12-22-9-5-4-6-10-22;;/h7-8,11H,4-6,9-10,12,19H2,1-3H3,(H,20,24)(H,21,23);2*1H. The molecule has 0 aliphatic carbocycles. The molecule has 0 spiro atoms. The van der Waals surface area contributed by atoms with Crippen molar-refractivity contribution in [2.75, 3.05) is 30.3 Å². The quantitative estimate of drug-likeness (QED) is 0.703. The number of piperidine rings is 1. The highest BCUT2D eigenvalue weighted by Gasteiger charge is 2.22. The van der Waals surface area contributed by atoms with Crippen LogP contribution >= 0.6 is 24.8 Å². The number of nitrogens with one attached hydrogen (secondary N) is 2. The zero-order chi connectivity index (χ0) is 17.7. The lowest BCUT2D eigenvalue weighted by Gasteiger charge is -2.25. The average molecular weight is 405 g/mol. The zero-order valence-electron chi connectivity index (χ0n) is 15.6. The molecule has 1 heterocycles. The van der Waals surface area contributed by atoms with E-state index in [0.717, 1.165) is 31.5 Å².